The van der Waals surface area contributed by atoms with Crippen LogP contribution in [-0.4, -0.2) is 30.5 Å². The Balaban J connectivity index is 2.14. The van der Waals surface area contributed by atoms with Crippen LogP contribution in [-0.2, 0) is 9.53 Å². The number of morpholine rings is 1. The van der Waals surface area contributed by atoms with E-state index in [1.54, 1.807) is 17.0 Å². The van der Waals surface area contributed by atoms with Crippen molar-refractivity contribution in [2.75, 3.05) is 19.7 Å². The molecule has 1 heterocycles. The number of halogens is 2. The SMILES string of the molecule is CC(C)(C)C(=O)N1CCOC(c2ccc(F)c(Cl)c2)C1. The maximum Gasteiger partial charge on any atom is 0.228 e. The van der Waals surface area contributed by atoms with Crippen molar-refractivity contribution in [3.63, 3.8) is 0 Å². The van der Waals surface area contributed by atoms with E-state index >= 15 is 0 Å². The molecule has 110 valence electrons. The summed E-state index contributed by atoms with van der Waals surface area (Å²) in [5, 5.41) is 0.0744. The van der Waals surface area contributed by atoms with Crippen LogP contribution in [0.3, 0.4) is 0 Å². The highest BCUT2D eigenvalue weighted by Gasteiger charge is 2.32. The molecule has 2 rings (SSSR count). The molecular weight excluding hydrogens is 281 g/mol. The van der Waals surface area contributed by atoms with E-state index < -0.39 is 11.2 Å². The molecular formula is C15H19ClFNO2. The molecule has 1 atom stereocenters. The maximum atomic E-state index is 13.2. The lowest BCUT2D eigenvalue weighted by molar-refractivity contribution is -0.147. The molecule has 1 fully saturated rings. The number of nitrogens with zero attached hydrogens (tertiary/aromatic N) is 1. The Morgan fingerprint density at radius 1 is 1.45 bits per heavy atom. The van der Waals surface area contributed by atoms with Crippen molar-refractivity contribution >= 4 is 17.5 Å². The number of carbonyl (C=O) groups is 1. The van der Waals surface area contributed by atoms with E-state index in [2.05, 4.69) is 0 Å². The molecule has 20 heavy (non-hydrogen) atoms. The van der Waals surface area contributed by atoms with Crippen LogP contribution in [0, 0.1) is 11.2 Å². The van der Waals surface area contributed by atoms with Crippen molar-refractivity contribution in [3.8, 4) is 0 Å². The Morgan fingerprint density at radius 3 is 2.75 bits per heavy atom. The first kappa shape index (κ1) is 15.3. The van der Waals surface area contributed by atoms with E-state index in [1.807, 2.05) is 20.8 Å². The predicted molar refractivity (Wildman–Crippen MR) is 76.1 cm³/mol. The monoisotopic (exact) mass is 299 g/mol. The lowest BCUT2D eigenvalue weighted by Gasteiger charge is -2.36. The fourth-order valence-electron chi connectivity index (χ4n) is 2.22. The molecule has 1 aromatic carbocycles. The minimum atomic E-state index is -0.450. The highest BCUT2D eigenvalue weighted by atomic mass is 35.5. The summed E-state index contributed by atoms with van der Waals surface area (Å²) in [6, 6.07) is 4.54. The van der Waals surface area contributed by atoms with E-state index in [0.717, 1.165) is 5.56 Å². The van der Waals surface area contributed by atoms with Crippen LogP contribution in [0.4, 0.5) is 4.39 Å². The van der Waals surface area contributed by atoms with Gasteiger partial charge < -0.3 is 9.64 Å². The number of ether oxygens (including phenoxy) is 1. The summed E-state index contributed by atoms with van der Waals surface area (Å²) >= 11 is 5.79. The first-order valence-corrected chi connectivity index (χ1v) is 7.03. The van der Waals surface area contributed by atoms with Gasteiger partial charge in [0.1, 0.15) is 11.9 Å². The third-order valence-electron chi connectivity index (χ3n) is 3.31. The van der Waals surface area contributed by atoms with E-state index in [4.69, 9.17) is 16.3 Å². The standard InChI is InChI=1S/C15H19ClFNO2/c1-15(2,3)14(19)18-6-7-20-13(9-18)10-4-5-12(17)11(16)8-10/h4-5,8,13H,6-7,9H2,1-3H3. The highest BCUT2D eigenvalue weighted by Crippen LogP contribution is 2.28. The van der Waals surface area contributed by atoms with Gasteiger partial charge in [-0.25, -0.2) is 4.39 Å². The van der Waals surface area contributed by atoms with Gasteiger partial charge in [0.25, 0.3) is 0 Å². The number of benzene rings is 1. The zero-order chi connectivity index (χ0) is 14.9. The molecule has 1 saturated heterocycles. The molecule has 5 heteroatoms. The van der Waals surface area contributed by atoms with Crippen LogP contribution in [0.1, 0.15) is 32.4 Å². The predicted octanol–water partition coefficient (Wildman–Crippen LogP) is 3.43. The molecule has 0 aliphatic carbocycles. The zero-order valence-electron chi connectivity index (χ0n) is 12.0. The minimum absolute atomic E-state index is 0.0744. The molecule has 0 radical (unpaired) electrons. The number of carbonyl (C=O) groups excluding carboxylic acids is 1. The first-order valence-electron chi connectivity index (χ1n) is 6.65. The van der Waals surface area contributed by atoms with Gasteiger partial charge in [0.05, 0.1) is 18.2 Å². The second kappa shape index (κ2) is 5.70. The Bertz CT molecular complexity index is 513. The lowest BCUT2D eigenvalue weighted by Crippen LogP contribution is -2.46. The average Bonchev–Trinajstić information content (AvgIpc) is 2.40. The Hall–Kier alpha value is -1.13. The normalized spacial score (nSPS) is 20.1. The summed E-state index contributed by atoms with van der Waals surface area (Å²) in [4.78, 5) is 14.1. The highest BCUT2D eigenvalue weighted by molar-refractivity contribution is 6.30. The quantitative estimate of drug-likeness (QED) is 0.795. The van der Waals surface area contributed by atoms with Crippen molar-refractivity contribution in [1.82, 2.24) is 4.90 Å². The summed E-state index contributed by atoms with van der Waals surface area (Å²) in [7, 11) is 0. The molecule has 1 amide bonds. The topological polar surface area (TPSA) is 29.5 Å². The molecule has 1 aliphatic heterocycles. The van der Waals surface area contributed by atoms with Crippen molar-refractivity contribution < 1.29 is 13.9 Å². The van der Waals surface area contributed by atoms with Crippen LogP contribution in [0.2, 0.25) is 5.02 Å². The van der Waals surface area contributed by atoms with Gasteiger partial charge in [0, 0.05) is 12.0 Å². The van der Waals surface area contributed by atoms with Gasteiger partial charge in [-0.15, -0.1) is 0 Å². The van der Waals surface area contributed by atoms with Gasteiger partial charge >= 0.3 is 0 Å². The summed E-state index contributed by atoms with van der Waals surface area (Å²) < 4.78 is 18.9. The average molecular weight is 300 g/mol. The van der Waals surface area contributed by atoms with Gasteiger partial charge in [0.2, 0.25) is 5.91 Å². The van der Waals surface area contributed by atoms with Crippen molar-refractivity contribution in [2.45, 2.75) is 26.9 Å². The molecule has 0 saturated carbocycles. The summed E-state index contributed by atoms with van der Waals surface area (Å²) in [5.41, 5.74) is 0.380. The first-order chi connectivity index (χ1) is 9.29. The van der Waals surface area contributed by atoms with Gasteiger partial charge in [-0.3, -0.25) is 4.79 Å². The molecule has 1 unspecified atom stereocenters. The van der Waals surface area contributed by atoms with E-state index in [0.29, 0.717) is 19.7 Å². The molecule has 1 aliphatic rings. The second-order valence-corrected chi connectivity index (χ2v) is 6.44. The fourth-order valence-corrected chi connectivity index (χ4v) is 2.41. The molecule has 3 nitrogen and oxygen atoms in total. The third kappa shape index (κ3) is 3.30. The van der Waals surface area contributed by atoms with Crippen molar-refractivity contribution in [3.05, 3.63) is 34.6 Å². The van der Waals surface area contributed by atoms with Crippen LogP contribution in [0.5, 0.6) is 0 Å². The van der Waals surface area contributed by atoms with E-state index in [-0.39, 0.29) is 17.0 Å². The van der Waals surface area contributed by atoms with Crippen LogP contribution in [0.25, 0.3) is 0 Å². The van der Waals surface area contributed by atoms with Crippen LogP contribution < -0.4 is 0 Å². The number of hydrogen-bond donors (Lipinski definition) is 0. The second-order valence-electron chi connectivity index (χ2n) is 6.03. The summed E-state index contributed by atoms with van der Waals surface area (Å²) in [6.07, 6.45) is -0.256. The molecule has 0 N–H and O–H groups in total. The summed E-state index contributed by atoms with van der Waals surface area (Å²) in [5.74, 6) is -0.354. The largest absolute Gasteiger partial charge is 0.370 e. The summed E-state index contributed by atoms with van der Waals surface area (Å²) in [6.45, 7) is 7.22. The minimum Gasteiger partial charge on any atom is -0.370 e. The Kier molecular flexibility index (Phi) is 4.35. The van der Waals surface area contributed by atoms with Crippen LogP contribution in [0.15, 0.2) is 18.2 Å². The fraction of sp³-hybridized carbons (Fsp3) is 0.533. The molecule has 0 spiro atoms. The zero-order valence-corrected chi connectivity index (χ0v) is 12.7. The van der Waals surface area contributed by atoms with Gasteiger partial charge in [0.15, 0.2) is 0 Å². The Morgan fingerprint density at radius 2 is 2.15 bits per heavy atom. The van der Waals surface area contributed by atoms with E-state index in [1.165, 1.54) is 6.07 Å². The van der Waals surface area contributed by atoms with Gasteiger partial charge in [-0.1, -0.05) is 38.4 Å². The number of amides is 1. The van der Waals surface area contributed by atoms with Gasteiger partial charge in [-0.2, -0.15) is 0 Å². The van der Waals surface area contributed by atoms with Crippen LogP contribution >= 0.6 is 11.6 Å². The molecule has 1 aromatic rings. The number of rotatable bonds is 1. The smallest absolute Gasteiger partial charge is 0.228 e. The van der Waals surface area contributed by atoms with E-state index in [9.17, 15) is 9.18 Å². The van der Waals surface area contributed by atoms with Crippen molar-refractivity contribution in [2.24, 2.45) is 5.41 Å². The van der Waals surface area contributed by atoms with Gasteiger partial charge in [-0.05, 0) is 17.7 Å². The maximum absolute atomic E-state index is 13.2. The number of hydrogen-bond acceptors (Lipinski definition) is 2. The lowest BCUT2D eigenvalue weighted by atomic mass is 9.94. The van der Waals surface area contributed by atoms with Crippen molar-refractivity contribution in [1.29, 1.82) is 0 Å². The molecule has 0 bridgehead atoms. The Labute approximate surface area is 123 Å². The third-order valence-corrected chi connectivity index (χ3v) is 3.60. The molecule has 0 aromatic heterocycles.